The Bertz CT molecular complexity index is 368. The van der Waals surface area contributed by atoms with E-state index in [9.17, 15) is 0 Å². The molecule has 1 aromatic heterocycles. The molecular weight excluding hydrogens is 214 g/mol. The van der Waals surface area contributed by atoms with Gasteiger partial charge in [-0.3, -0.25) is 4.90 Å². The molecule has 2 N–H and O–H groups in total. The predicted molar refractivity (Wildman–Crippen MR) is 68.4 cm³/mol. The molecule has 5 nitrogen and oxygen atoms in total. The van der Waals surface area contributed by atoms with Gasteiger partial charge in [0.05, 0.1) is 5.69 Å². The lowest BCUT2D eigenvalue weighted by Crippen LogP contribution is -2.50. The summed E-state index contributed by atoms with van der Waals surface area (Å²) in [6.07, 6.45) is 2.92. The Kier molecular flexibility index (Phi) is 3.91. The Hall–Kier alpha value is -1.20. The zero-order valence-electron chi connectivity index (χ0n) is 10.6. The highest BCUT2D eigenvalue weighted by Crippen LogP contribution is 2.13. The number of aromatic nitrogens is 2. The van der Waals surface area contributed by atoms with Crippen molar-refractivity contribution in [2.24, 2.45) is 0 Å². The Morgan fingerprint density at radius 3 is 3.00 bits per heavy atom. The van der Waals surface area contributed by atoms with Crippen molar-refractivity contribution in [2.75, 3.05) is 32.4 Å². The quantitative estimate of drug-likeness (QED) is 0.830. The van der Waals surface area contributed by atoms with Gasteiger partial charge in [-0.2, -0.15) is 0 Å². The van der Waals surface area contributed by atoms with E-state index in [4.69, 9.17) is 5.73 Å². The van der Waals surface area contributed by atoms with Crippen LogP contribution in [0.2, 0.25) is 0 Å². The molecule has 2 heterocycles. The van der Waals surface area contributed by atoms with Crippen molar-refractivity contribution in [1.29, 1.82) is 0 Å². The SMILES string of the molecule is CCC1CN(Cc2ccnc(N)n2)CCN1C. The number of nitrogens with zero attached hydrogens (tertiary/aromatic N) is 4. The van der Waals surface area contributed by atoms with Gasteiger partial charge in [-0.1, -0.05) is 6.92 Å². The zero-order valence-corrected chi connectivity index (χ0v) is 10.6. The maximum atomic E-state index is 5.59. The molecule has 5 heteroatoms. The third kappa shape index (κ3) is 3.14. The smallest absolute Gasteiger partial charge is 0.220 e. The van der Waals surface area contributed by atoms with Gasteiger partial charge in [0, 0.05) is 38.4 Å². The number of anilines is 1. The number of likely N-dealkylation sites (N-methyl/N-ethyl adjacent to an activating group) is 1. The van der Waals surface area contributed by atoms with E-state index in [1.165, 1.54) is 6.42 Å². The lowest BCUT2D eigenvalue weighted by Gasteiger charge is -2.38. The highest BCUT2D eigenvalue weighted by atomic mass is 15.3. The molecule has 1 unspecified atom stereocenters. The Labute approximate surface area is 103 Å². The first-order valence-electron chi connectivity index (χ1n) is 6.19. The monoisotopic (exact) mass is 235 g/mol. The molecule has 0 spiro atoms. The summed E-state index contributed by atoms with van der Waals surface area (Å²) in [7, 11) is 2.20. The van der Waals surface area contributed by atoms with Crippen LogP contribution >= 0.6 is 0 Å². The minimum absolute atomic E-state index is 0.365. The van der Waals surface area contributed by atoms with Gasteiger partial charge >= 0.3 is 0 Å². The molecule has 1 fully saturated rings. The topological polar surface area (TPSA) is 58.3 Å². The summed E-state index contributed by atoms with van der Waals surface area (Å²) < 4.78 is 0. The number of nitrogens with two attached hydrogens (primary N) is 1. The van der Waals surface area contributed by atoms with Crippen molar-refractivity contribution < 1.29 is 0 Å². The third-order valence-corrected chi connectivity index (χ3v) is 3.45. The fourth-order valence-electron chi connectivity index (χ4n) is 2.32. The van der Waals surface area contributed by atoms with Crippen molar-refractivity contribution in [1.82, 2.24) is 19.8 Å². The summed E-state index contributed by atoms with van der Waals surface area (Å²) in [4.78, 5) is 13.0. The van der Waals surface area contributed by atoms with E-state index >= 15 is 0 Å². The fourth-order valence-corrected chi connectivity index (χ4v) is 2.32. The molecule has 1 aliphatic heterocycles. The second-order valence-electron chi connectivity index (χ2n) is 4.68. The average Bonchev–Trinajstić information content (AvgIpc) is 2.32. The Balaban J connectivity index is 1.95. The van der Waals surface area contributed by atoms with E-state index in [1.54, 1.807) is 6.20 Å². The van der Waals surface area contributed by atoms with Crippen LogP contribution in [-0.4, -0.2) is 52.5 Å². The molecule has 94 valence electrons. The number of nitrogen functional groups attached to an aromatic ring is 1. The standard InChI is InChI=1S/C12H21N5/c1-3-11-9-17(7-6-16(11)2)8-10-4-5-14-12(13)15-10/h4-5,11H,3,6-9H2,1-2H3,(H2,13,14,15). The first kappa shape index (κ1) is 12.3. The van der Waals surface area contributed by atoms with Crippen LogP contribution in [0.4, 0.5) is 5.95 Å². The maximum absolute atomic E-state index is 5.59. The van der Waals surface area contributed by atoms with Gasteiger partial charge in [-0.25, -0.2) is 9.97 Å². The average molecular weight is 235 g/mol. The van der Waals surface area contributed by atoms with E-state index in [1.807, 2.05) is 6.07 Å². The number of rotatable bonds is 3. The molecule has 1 aliphatic rings. The molecule has 0 saturated carbocycles. The molecule has 1 saturated heterocycles. The molecular formula is C12H21N5. The van der Waals surface area contributed by atoms with Crippen molar-refractivity contribution in [2.45, 2.75) is 25.9 Å². The van der Waals surface area contributed by atoms with Crippen molar-refractivity contribution in [3.63, 3.8) is 0 Å². The number of piperazine rings is 1. The van der Waals surface area contributed by atoms with Crippen LogP contribution in [0.25, 0.3) is 0 Å². The van der Waals surface area contributed by atoms with Crippen LogP contribution in [0.15, 0.2) is 12.3 Å². The minimum Gasteiger partial charge on any atom is -0.368 e. The summed E-state index contributed by atoms with van der Waals surface area (Å²) in [5.74, 6) is 0.365. The van der Waals surface area contributed by atoms with E-state index in [-0.39, 0.29) is 0 Å². The van der Waals surface area contributed by atoms with Crippen molar-refractivity contribution >= 4 is 5.95 Å². The molecule has 0 radical (unpaired) electrons. The Morgan fingerprint density at radius 2 is 2.29 bits per heavy atom. The van der Waals surface area contributed by atoms with E-state index in [0.717, 1.165) is 31.9 Å². The highest BCUT2D eigenvalue weighted by molar-refractivity contribution is 5.17. The number of hydrogen-bond donors (Lipinski definition) is 1. The highest BCUT2D eigenvalue weighted by Gasteiger charge is 2.22. The second kappa shape index (κ2) is 5.42. The summed E-state index contributed by atoms with van der Waals surface area (Å²) >= 11 is 0. The summed E-state index contributed by atoms with van der Waals surface area (Å²) in [5, 5.41) is 0. The lowest BCUT2D eigenvalue weighted by atomic mass is 10.1. The van der Waals surface area contributed by atoms with Crippen LogP contribution < -0.4 is 5.73 Å². The number of hydrogen-bond acceptors (Lipinski definition) is 5. The van der Waals surface area contributed by atoms with E-state index in [0.29, 0.717) is 12.0 Å². The first-order chi connectivity index (χ1) is 8.19. The predicted octanol–water partition coefficient (Wildman–Crippen LogP) is 0.585. The van der Waals surface area contributed by atoms with Gasteiger partial charge in [0.2, 0.25) is 5.95 Å². The van der Waals surface area contributed by atoms with E-state index < -0.39 is 0 Å². The molecule has 17 heavy (non-hydrogen) atoms. The van der Waals surface area contributed by atoms with Crippen LogP contribution in [0, 0.1) is 0 Å². The minimum atomic E-state index is 0.365. The van der Waals surface area contributed by atoms with Gasteiger partial charge in [0.25, 0.3) is 0 Å². The largest absolute Gasteiger partial charge is 0.368 e. The molecule has 1 aromatic rings. The molecule has 0 amide bonds. The normalized spacial score (nSPS) is 22.8. The molecule has 1 atom stereocenters. The van der Waals surface area contributed by atoms with Gasteiger partial charge < -0.3 is 10.6 Å². The molecule has 0 aliphatic carbocycles. The van der Waals surface area contributed by atoms with Gasteiger partial charge in [-0.05, 0) is 19.5 Å². The van der Waals surface area contributed by atoms with Crippen LogP contribution in [0.3, 0.4) is 0 Å². The van der Waals surface area contributed by atoms with Crippen molar-refractivity contribution in [3.05, 3.63) is 18.0 Å². The van der Waals surface area contributed by atoms with Gasteiger partial charge in [-0.15, -0.1) is 0 Å². The summed E-state index contributed by atoms with van der Waals surface area (Å²) in [5.41, 5.74) is 6.60. The van der Waals surface area contributed by atoms with Gasteiger partial charge in [0.15, 0.2) is 0 Å². The van der Waals surface area contributed by atoms with Crippen LogP contribution in [-0.2, 0) is 6.54 Å². The summed E-state index contributed by atoms with van der Waals surface area (Å²) in [6.45, 7) is 6.44. The Morgan fingerprint density at radius 1 is 1.47 bits per heavy atom. The molecule has 0 bridgehead atoms. The maximum Gasteiger partial charge on any atom is 0.220 e. The summed E-state index contributed by atoms with van der Waals surface area (Å²) in [6, 6.07) is 2.60. The zero-order chi connectivity index (χ0) is 12.3. The molecule has 2 rings (SSSR count). The van der Waals surface area contributed by atoms with Gasteiger partial charge in [0.1, 0.15) is 0 Å². The second-order valence-corrected chi connectivity index (χ2v) is 4.68. The van der Waals surface area contributed by atoms with E-state index in [2.05, 4.69) is 33.7 Å². The first-order valence-corrected chi connectivity index (χ1v) is 6.19. The van der Waals surface area contributed by atoms with Crippen LogP contribution in [0.5, 0.6) is 0 Å². The van der Waals surface area contributed by atoms with Crippen molar-refractivity contribution in [3.8, 4) is 0 Å². The van der Waals surface area contributed by atoms with Crippen LogP contribution in [0.1, 0.15) is 19.0 Å². The fraction of sp³-hybridized carbons (Fsp3) is 0.667. The third-order valence-electron chi connectivity index (χ3n) is 3.45. The lowest BCUT2D eigenvalue weighted by molar-refractivity contribution is 0.0875. The molecule has 0 aromatic carbocycles.